The summed E-state index contributed by atoms with van der Waals surface area (Å²) in [5, 5.41) is 12.7. The molecule has 4 aromatic rings. The van der Waals surface area contributed by atoms with Gasteiger partial charge in [-0.1, -0.05) is 11.6 Å². The number of hydrogen-bond acceptors (Lipinski definition) is 6. The van der Waals surface area contributed by atoms with E-state index in [0.29, 0.717) is 5.52 Å². The number of amides is 2. The van der Waals surface area contributed by atoms with Crippen LogP contribution in [-0.4, -0.2) is 56.0 Å². The number of alkyl halides is 3. The Morgan fingerprint density at radius 2 is 1.97 bits per heavy atom. The molecule has 35 heavy (non-hydrogen) atoms. The Morgan fingerprint density at radius 1 is 1.20 bits per heavy atom. The third-order valence-electron chi connectivity index (χ3n) is 4.61. The molecular weight excluding hydrogens is 559 g/mol. The highest BCUT2D eigenvalue weighted by Crippen LogP contribution is 2.30. The number of rotatable bonds is 6. The molecule has 15 heteroatoms. The largest absolute Gasteiger partial charge is 0.480 e. The predicted octanol–water partition coefficient (Wildman–Crippen LogP) is 3.88. The van der Waals surface area contributed by atoms with E-state index in [1.165, 1.54) is 31.6 Å². The van der Waals surface area contributed by atoms with Crippen LogP contribution in [0, 0.1) is 0 Å². The maximum absolute atomic E-state index is 13.3. The van der Waals surface area contributed by atoms with Crippen molar-refractivity contribution in [2.75, 3.05) is 19.0 Å². The van der Waals surface area contributed by atoms with Gasteiger partial charge in [-0.25, -0.2) is 14.2 Å². The van der Waals surface area contributed by atoms with E-state index in [0.717, 1.165) is 9.20 Å². The van der Waals surface area contributed by atoms with Gasteiger partial charge in [-0.05, 0) is 40.2 Å². The van der Waals surface area contributed by atoms with Gasteiger partial charge in [0.1, 0.15) is 12.2 Å². The molecule has 0 bridgehead atoms. The van der Waals surface area contributed by atoms with Crippen molar-refractivity contribution >= 4 is 50.5 Å². The Hall–Kier alpha value is -3.65. The Balaban J connectivity index is 1.77. The summed E-state index contributed by atoms with van der Waals surface area (Å²) < 4.78 is 45.7. The van der Waals surface area contributed by atoms with Gasteiger partial charge in [0, 0.05) is 16.7 Å². The van der Waals surface area contributed by atoms with Crippen molar-refractivity contribution in [3.8, 4) is 11.7 Å². The Kier molecular flexibility index (Phi) is 6.67. The second kappa shape index (κ2) is 9.54. The molecule has 10 nitrogen and oxygen atoms in total. The minimum absolute atomic E-state index is 0.0709. The number of aromatic nitrogens is 5. The van der Waals surface area contributed by atoms with Crippen LogP contribution in [0.5, 0.6) is 5.88 Å². The van der Waals surface area contributed by atoms with Crippen molar-refractivity contribution in [3.63, 3.8) is 0 Å². The van der Waals surface area contributed by atoms with Crippen LogP contribution in [0.1, 0.15) is 21.0 Å². The number of ether oxygens (including phenoxy) is 1. The lowest BCUT2D eigenvalue weighted by Crippen LogP contribution is -2.35. The van der Waals surface area contributed by atoms with Crippen LogP contribution < -0.4 is 15.4 Å². The monoisotopic (exact) mass is 571 g/mol. The number of carbonyl (C=O) groups is 2. The van der Waals surface area contributed by atoms with E-state index in [1.807, 2.05) is 0 Å². The van der Waals surface area contributed by atoms with Crippen LogP contribution in [0.25, 0.3) is 11.3 Å². The normalized spacial score (nSPS) is 11.5. The lowest BCUT2D eigenvalue weighted by Gasteiger charge is -2.16. The molecule has 0 saturated carbocycles. The molecule has 0 aliphatic carbocycles. The lowest BCUT2D eigenvalue weighted by molar-refractivity contribution is -0.123. The minimum atomic E-state index is -4.64. The zero-order valence-corrected chi connectivity index (χ0v) is 19.9. The van der Waals surface area contributed by atoms with Crippen molar-refractivity contribution in [1.82, 2.24) is 29.7 Å². The van der Waals surface area contributed by atoms with Gasteiger partial charge in [0.05, 0.1) is 29.5 Å². The Bertz CT molecular complexity index is 1440. The van der Waals surface area contributed by atoms with Gasteiger partial charge in [0.15, 0.2) is 11.5 Å². The lowest BCUT2D eigenvalue weighted by atomic mass is 10.2. The first-order valence-corrected chi connectivity index (χ1v) is 10.8. The average molecular weight is 573 g/mol. The second-order valence-electron chi connectivity index (χ2n) is 6.93. The minimum Gasteiger partial charge on any atom is -0.480 e. The number of carbonyl (C=O) groups excluding carboxylic acids is 2. The van der Waals surface area contributed by atoms with Gasteiger partial charge in [-0.3, -0.25) is 9.59 Å². The number of pyridine rings is 2. The molecule has 4 rings (SSSR count). The van der Waals surface area contributed by atoms with Gasteiger partial charge in [-0.2, -0.15) is 18.3 Å². The summed E-state index contributed by atoms with van der Waals surface area (Å²) in [6, 6.07) is 7.53. The summed E-state index contributed by atoms with van der Waals surface area (Å²) in [6.45, 7) is -1.57. The topological polar surface area (TPSA) is 115 Å². The third-order valence-corrected chi connectivity index (χ3v) is 5.53. The predicted molar refractivity (Wildman–Crippen MR) is 122 cm³/mol. The summed E-state index contributed by atoms with van der Waals surface area (Å²) in [4.78, 5) is 30.2. The molecule has 4 heterocycles. The number of hydrogen-bond donors (Lipinski definition) is 2. The first kappa shape index (κ1) is 24.5. The van der Waals surface area contributed by atoms with Crippen LogP contribution in [0.2, 0.25) is 5.02 Å². The fraction of sp³-hybridized carbons (Fsp3) is 0.150. The maximum atomic E-state index is 13.3. The van der Waals surface area contributed by atoms with Gasteiger partial charge >= 0.3 is 6.18 Å². The molecule has 4 aromatic heterocycles. The first-order valence-electron chi connectivity index (χ1n) is 9.66. The fourth-order valence-corrected chi connectivity index (χ4v) is 3.84. The molecule has 0 saturated heterocycles. The van der Waals surface area contributed by atoms with Crippen molar-refractivity contribution in [3.05, 3.63) is 63.6 Å². The molecule has 182 valence electrons. The molecule has 0 aliphatic heterocycles. The van der Waals surface area contributed by atoms with Crippen LogP contribution in [0.4, 0.5) is 18.9 Å². The standard InChI is InChI=1S/C20H14BrClF3N7O3/c1-35-14-8-13(32(30-14)17-12(22)3-2-5-26-17)18(33)29-15-11(21)7-10-4-6-28-31(10)16(15)19(34)27-9-20(23,24)25/h2-8H,9H2,1H3,(H,27,34)(H,29,33). The van der Waals surface area contributed by atoms with Crippen LogP contribution in [0.3, 0.4) is 0 Å². The molecule has 0 aliphatic rings. The van der Waals surface area contributed by atoms with Crippen molar-refractivity contribution in [2.45, 2.75) is 6.18 Å². The van der Waals surface area contributed by atoms with E-state index in [1.54, 1.807) is 23.5 Å². The van der Waals surface area contributed by atoms with E-state index in [4.69, 9.17) is 16.3 Å². The highest BCUT2D eigenvalue weighted by molar-refractivity contribution is 9.10. The molecule has 0 spiro atoms. The SMILES string of the molecule is COc1cc(C(=O)Nc2c(Br)cc3ccnn3c2C(=O)NCC(F)(F)F)n(-c2ncccc2Cl)n1. The van der Waals surface area contributed by atoms with Crippen molar-refractivity contribution in [2.24, 2.45) is 0 Å². The summed E-state index contributed by atoms with van der Waals surface area (Å²) in [5.74, 6) is -1.68. The third kappa shape index (κ3) is 5.07. The Morgan fingerprint density at radius 3 is 2.66 bits per heavy atom. The molecule has 0 unspecified atom stereocenters. The van der Waals surface area contributed by atoms with Crippen LogP contribution in [-0.2, 0) is 0 Å². The molecular formula is C20H14BrClF3N7O3. The van der Waals surface area contributed by atoms with Gasteiger partial charge in [0.2, 0.25) is 5.88 Å². The maximum Gasteiger partial charge on any atom is 0.405 e. The van der Waals surface area contributed by atoms with E-state index in [2.05, 4.69) is 36.4 Å². The molecule has 0 fully saturated rings. The van der Waals surface area contributed by atoms with E-state index >= 15 is 0 Å². The number of halogens is 5. The molecule has 0 atom stereocenters. The molecule has 2 amide bonds. The quantitative estimate of drug-likeness (QED) is 0.362. The summed E-state index contributed by atoms with van der Waals surface area (Å²) in [5.41, 5.74) is -0.119. The van der Waals surface area contributed by atoms with E-state index in [9.17, 15) is 22.8 Å². The first-order chi connectivity index (χ1) is 16.6. The number of nitrogens with one attached hydrogen (secondary N) is 2. The molecule has 0 radical (unpaired) electrons. The fourth-order valence-electron chi connectivity index (χ4n) is 3.12. The van der Waals surface area contributed by atoms with E-state index in [-0.39, 0.29) is 38.3 Å². The second-order valence-corrected chi connectivity index (χ2v) is 8.19. The Labute approximate surface area is 208 Å². The summed E-state index contributed by atoms with van der Waals surface area (Å²) >= 11 is 9.47. The van der Waals surface area contributed by atoms with Crippen molar-refractivity contribution in [1.29, 1.82) is 0 Å². The summed E-state index contributed by atoms with van der Waals surface area (Å²) in [6.07, 6.45) is -1.83. The zero-order valence-electron chi connectivity index (χ0n) is 17.6. The smallest absolute Gasteiger partial charge is 0.405 e. The highest BCUT2D eigenvalue weighted by atomic mass is 79.9. The number of nitrogens with zero attached hydrogens (tertiary/aromatic N) is 5. The molecule has 2 N–H and O–H groups in total. The molecule has 0 aromatic carbocycles. The van der Waals surface area contributed by atoms with Crippen molar-refractivity contribution < 1.29 is 27.5 Å². The van der Waals surface area contributed by atoms with E-state index < -0.39 is 24.5 Å². The highest BCUT2D eigenvalue weighted by Gasteiger charge is 2.30. The number of anilines is 1. The number of methoxy groups -OCH3 is 1. The summed E-state index contributed by atoms with van der Waals surface area (Å²) in [7, 11) is 1.35. The van der Waals surface area contributed by atoms with Crippen LogP contribution in [0.15, 0.2) is 47.2 Å². The van der Waals surface area contributed by atoms with Crippen LogP contribution >= 0.6 is 27.5 Å². The van der Waals surface area contributed by atoms with Gasteiger partial charge < -0.3 is 15.4 Å². The number of fused-ring (bicyclic) bond motifs is 1. The van der Waals surface area contributed by atoms with Gasteiger partial charge in [0.25, 0.3) is 11.8 Å². The zero-order chi connectivity index (χ0) is 25.3. The average Bonchev–Trinajstić information content (AvgIpc) is 3.44. The van der Waals surface area contributed by atoms with Gasteiger partial charge in [-0.15, -0.1) is 5.10 Å².